The second-order valence-corrected chi connectivity index (χ2v) is 5.66. The lowest BCUT2D eigenvalue weighted by atomic mass is 9.96. The number of aliphatic hydroxyl groups is 1. The van der Waals surface area contributed by atoms with Crippen molar-refractivity contribution in [1.29, 1.82) is 0 Å². The average Bonchev–Trinajstić information content (AvgIpc) is 3.10. The van der Waals surface area contributed by atoms with Crippen molar-refractivity contribution >= 4 is 5.91 Å². The Morgan fingerprint density at radius 1 is 1.55 bits per heavy atom. The first kappa shape index (κ1) is 13.5. The van der Waals surface area contributed by atoms with Gasteiger partial charge >= 0.3 is 0 Å². The van der Waals surface area contributed by atoms with Crippen LogP contribution in [0.2, 0.25) is 0 Å². The molecule has 7 nitrogen and oxygen atoms in total. The SMILES string of the molecule is O=C(CC1(O)CCCC1)N1CCOCC1c1ncn[nH]1. The summed E-state index contributed by atoms with van der Waals surface area (Å²) in [6.07, 6.45) is 5.05. The monoisotopic (exact) mass is 280 g/mol. The van der Waals surface area contributed by atoms with Crippen molar-refractivity contribution in [2.24, 2.45) is 0 Å². The summed E-state index contributed by atoms with van der Waals surface area (Å²) in [5, 5.41) is 17.0. The van der Waals surface area contributed by atoms with E-state index in [2.05, 4.69) is 15.2 Å². The van der Waals surface area contributed by atoms with E-state index in [4.69, 9.17) is 4.74 Å². The van der Waals surface area contributed by atoms with Gasteiger partial charge < -0.3 is 14.7 Å². The van der Waals surface area contributed by atoms with Gasteiger partial charge in [0.15, 0.2) is 0 Å². The van der Waals surface area contributed by atoms with Gasteiger partial charge in [0.1, 0.15) is 18.2 Å². The Hall–Kier alpha value is -1.47. The number of aromatic nitrogens is 3. The van der Waals surface area contributed by atoms with Crippen molar-refractivity contribution in [1.82, 2.24) is 20.1 Å². The molecule has 1 aromatic rings. The molecule has 1 saturated heterocycles. The molecule has 0 radical (unpaired) electrons. The van der Waals surface area contributed by atoms with E-state index in [1.807, 2.05) is 0 Å². The second kappa shape index (κ2) is 5.49. The van der Waals surface area contributed by atoms with Gasteiger partial charge in [0.05, 0.1) is 25.2 Å². The number of nitrogens with zero attached hydrogens (tertiary/aromatic N) is 3. The number of hydrogen-bond acceptors (Lipinski definition) is 5. The van der Waals surface area contributed by atoms with Crippen LogP contribution in [0.15, 0.2) is 6.33 Å². The smallest absolute Gasteiger partial charge is 0.226 e. The Morgan fingerprint density at radius 3 is 3.05 bits per heavy atom. The lowest BCUT2D eigenvalue weighted by molar-refractivity contribution is -0.145. The molecule has 1 aliphatic carbocycles. The number of nitrogens with one attached hydrogen (secondary N) is 1. The fourth-order valence-corrected chi connectivity index (χ4v) is 3.10. The Balaban J connectivity index is 1.71. The van der Waals surface area contributed by atoms with Crippen LogP contribution in [0, 0.1) is 0 Å². The van der Waals surface area contributed by atoms with E-state index < -0.39 is 5.60 Å². The van der Waals surface area contributed by atoms with Crippen LogP contribution in [0.5, 0.6) is 0 Å². The summed E-state index contributed by atoms with van der Waals surface area (Å²) in [4.78, 5) is 18.4. The number of aromatic amines is 1. The van der Waals surface area contributed by atoms with Crippen LogP contribution in [0.3, 0.4) is 0 Å². The lowest BCUT2D eigenvalue weighted by Crippen LogP contribution is -2.46. The highest BCUT2D eigenvalue weighted by molar-refractivity contribution is 5.78. The molecule has 0 spiro atoms. The number of H-pyrrole nitrogens is 1. The first-order valence-corrected chi connectivity index (χ1v) is 7.13. The van der Waals surface area contributed by atoms with Crippen LogP contribution in [0.4, 0.5) is 0 Å². The molecular formula is C13H20N4O3. The number of rotatable bonds is 3. The summed E-state index contributed by atoms with van der Waals surface area (Å²) in [7, 11) is 0. The highest BCUT2D eigenvalue weighted by Crippen LogP contribution is 2.34. The molecule has 0 bridgehead atoms. The third-order valence-electron chi connectivity index (χ3n) is 4.21. The Morgan fingerprint density at radius 2 is 2.35 bits per heavy atom. The van der Waals surface area contributed by atoms with Crippen molar-refractivity contribution in [3.63, 3.8) is 0 Å². The van der Waals surface area contributed by atoms with Crippen LogP contribution >= 0.6 is 0 Å². The van der Waals surface area contributed by atoms with Crippen molar-refractivity contribution in [3.05, 3.63) is 12.2 Å². The van der Waals surface area contributed by atoms with Gasteiger partial charge in [0.2, 0.25) is 5.91 Å². The maximum atomic E-state index is 12.5. The Kier molecular flexibility index (Phi) is 3.71. The van der Waals surface area contributed by atoms with Crippen molar-refractivity contribution in [2.45, 2.75) is 43.7 Å². The number of carbonyl (C=O) groups is 1. The van der Waals surface area contributed by atoms with Gasteiger partial charge in [0, 0.05) is 6.54 Å². The molecule has 2 heterocycles. The highest BCUT2D eigenvalue weighted by atomic mass is 16.5. The van der Waals surface area contributed by atoms with E-state index in [1.54, 1.807) is 4.90 Å². The Labute approximate surface area is 117 Å². The minimum atomic E-state index is -0.818. The van der Waals surface area contributed by atoms with E-state index in [-0.39, 0.29) is 18.4 Å². The molecule has 110 valence electrons. The van der Waals surface area contributed by atoms with E-state index in [0.717, 1.165) is 25.7 Å². The summed E-state index contributed by atoms with van der Waals surface area (Å²) in [6, 6.07) is -0.233. The third kappa shape index (κ3) is 2.69. The Bertz CT molecular complexity index is 456. The number of morpholine rings is 1. The summed E-state index contributed by atoms with van der Waals surface area (Å²) in [6.45, 7) is 1.47. The summed E-state index contributed by atoms with van der Waals surface area (Å²) >= 11 is 0. The maximum absolute atomic E-state index is 12.5. The summed E-state index contributed by atoms with van der Waals surface area (Å²) in [5.41, 5.74) is -0.818. The van der Waals surface area contributed by atoms with Gasteiger partial charge in [-0.3, -0.25) is 9.89 Å². The third-order valence-corrected chi connectivity index (χ3v) is 4.21. The molecule has 20 heavy (non-hydrogen) atoms. The van der Waals surface area contributed by atoms with Crippen LogP contribution in [0.1, 0.15) is 44.0 Å². The van der Waals surface area contributed by atoms with Crippen LogP contribution in [-0.2, 0) is 9.53 Å². The predicted octanol–water partition coefficient (Wildman–Crippen LogP) is 0.400. The molecule has 1 aliphatic heterocycles. The summed E-state index contributed by atoms with van der Waals surface area (Å²) in [5.74, 6) is 0.607. The van der Waals surface area contributed by atoms with E-state index in [0.29, 0.717) is 25.6 Å². The first-order chi connectivity index (χ1) is 9.68. The average molecular weight is 280 g/mol. The minimum Gasteiger partial charge on any atom is -0.389 e. The highest BCUT2D eigenvalue weighted by Gasteiger charge is 2.38. The van der Waals surface area contributed by atoms with Gasteiger partial charge in [-0.05, 0) is 12.8 Å². The predicted molar refractivity (Wildman–Crippen MR) is 69.7 cm³/mol. The van der Waals surface area contributed by atoms with Crippen LogP contribution < -0.4 is 0 Å². The second-order valence-electron chi connectivity index (χ2n) is 5.66. The largest absolute Gasteiger partial charge is 0.389 e. The van der Waals surface area contributed by atoms with Gasteiger partial charge in [-0.2, -0.15) is 5.10 Å². The molecule has 1 atom stereocenters. The van der Waals surface area contributed by atoms with Crippen molar-refractivity contribution < 1.29 is 14.6 Å². The van der Waals surface area contributed by atoms with Gasteiger partial charge in [-0.1, -0.05) is 12.8 Å². The summed E-state index contributed by atoms with van der Waals surface area (Å²) < 4.78 is 5.44. The topological polar surface area (TPSA) is 91.3 Å². The molecule has 1 aromatic heterocycles. The van der Waals surface area contributed by atoms with Gasteiger partial charge in [0.25, 0.3) is 0 Å². The fraction of sp³-hybridized carbons (Fsp3) is 0.769. The molecule has 3 rings (SSSR count). The van der Waals surface area contributed by atoms with Crippen LogP contribution in [0.25, 0.3) is 0 Å². The van der Waals surface area contributed by atoms with E-state index >= 15 is 0 Å². The molecule has 1 saturated carbocycles. The fourth-order valence-electron chi connectivity index (χ4n) is 3.10. The van der Waals surface area contributed by atoms with Crippen molar-refractivity contribution in [2.75, 3.05) is 19.8 Å². The zero-order chi connectivity index (χ0) is 14.0. The molecule has 2 fully saturated rings. The molecule has 1 unspecified atom stereocenters. The van der Waals surface area contributed by atoms with Crippen LogP contribution in [-0.4, -0.2) is 56.5 Å². The van der Waals surface area contributed by atoms with Gasteiger partial charge in [-0.15, -0.1) is 0 Å². The maximum Gasteiger partial charge on any atom is 0.226 e. The minimum absolute atomic E-state index is 0.0286. The standard InChI is InChI=1S/C13H20N4O3/c18-11(7-13(19)3-1-2-4-13)17-5-6-20-8-10(17)12-14-9-15-16-12/h9-10,19H,1-8H2,(H,14,15,16). The normalized spacial score (nSPS) is 25.9. The number of hydrogen-bond donors (Lipinski definition) is 2. The zero-order valence-electron chi connectivity index (χ0n) is 11.4. The molecule has 0 aromatic carbocycles. The van der Waals surface area contributed by atoms with Crippen molar-refractivity contribution in [3.8, 4) is 0 Å². The molecule has 7 heteroatoms. The molecule has 2 N–H and O–H groups in total. The zero-order valence-corrected chi connectivity index (χ0v) is 11.4. The number of amides is 1. The first-order valence-electron chi connectivity index (χ1n) is 7.13. The van der Waals surface area contributed by atoms with Gasteiger partial charge in [-0.25, -0.2) is 4.98 Å². The van der Waals surface area contributed by atoms with E-state index in [1.165, 1.54) is 6.33 Å². The molecule has 2 aliphatic rings. The molecular weight excluding hydrogens is 260 g/mol. The molecule has 1 amide bonds. The number of carbonyl (C=O) groups excluding carboxylic acids is 1. The number of ether oxygens (including phenoxy) is 1. The quantitative estimate of drug-likeness (QED) is 0.836. The lowest BCUT2D eigenvalue weighted by Gasteiger charge is -2.36. The van der Waals surface area contributed by atoms with E-state index in [9.17, 15) is 9.90 Å².